The Labute approximate surface area is 105 Å². The maximum Gasteiger partial charge on any atom is 0.153 e. The summed E-state index contributed by atoms with van der Waals surface area (Å²) in [6.07, 6.45) is 0. The summed E-state index contributed by atoms with van der Waals surface area (Å²) in [7, 11) is 3.22. The highest BCUT2D eigenvalue weighted by atomic mass is 16.5. The van der Waals surface area contributed by atoms with Crippen LogP contribution < -0.4 is 15.2 Å². The molecular weight excluding hydrogens is 232 g/mol. The molecule has 1 unspecified atom stereocenters. The summed E-state index contributed by atoms with van der Waals surface area (Å²) in [4.78, 5) is 0. The van der Waals surface area contributed by atoms with Gasteiger partial charge in [-0.15, -0.1) is 0 Å². The minimum atomic E-state index is -0.192. The lowest BCUT2D eigenvalue weighted by atomic mass is 10.1. The number of methoxy groups -OCH3 is 2. The maximum absolute atomic E-state index is 5.74. The van der Waals surface area contributed by atoms with Crippen LogP contribution in [-0.4, -0.2) is 19.4 Å². The van der Waals surface area contributed by atoms with Crippen molar-refractivity contribution in [1.82, 2.24) is 5.16 Å². The van der Waals surface area contributed by atoms with Crippen LogP contribution in [0.15, 0.2) is 28.8 Å². The molecule has 1 heterocycles. The van der Waals surface area contributed by atoms with Crippen molar-refractivity contribution in [1.29, 1.82) is 0 Å². The number of rotatable bonds is 4. The van der Waals surface area contributed by atoms with Crippen LogP contribution in [0.5, 0.6) is 11.5 Å². The lowest BCUT2D eigenvalue weighted by Gasteiger charge is -2.07. The van der Waals surface area contributed by atoms with Gasteiger partial charge >= 0.3 is 0 Å². The van der Waals surface area contributed by atoms with E-state index in [-0.39, 0.29) is 6.04 Å². The molecule has 0 aliphatic heterocycles. The van der Waals surface area contributed by atoms with E-state index in [9.17, 15) is 0 Å². The third kappa shape index (κ3) is 2.31. The van der Waals surface area contributed by atoms with E-state index in [1.165, 1.54) is 0 Å². The number of ether oxygens (including phenoxy) is 2. The van der Waals surface area contributed by atoms with Crippen molar-refractivity contribution in [2.75, 3.05) is 14.2 Å². The normalized spacial score (nSPS) is 12.2. The molecule has 1 aromatic heterocycles. The molecule has 0 radical (unpaired) electrons. The Balaban J connectivity index is 2.46. The van der Waals surface area contributed by atoms with E-state index >= 15 is 0 Å². The zero-order valence-corrected chi connectivity index (χ0v) is 10.6. The lowest BCUT2D eigenvalue weighted by molar-refractivity contribution is 0.368. The average Bonchev–Trinajstić information content (AvgIpc) is 2.87. The van der Waals surface area contributed by atoms with Crippen LogP contribution >= 0.6 is 0 Å². The van der Waals surface area contributed by atoms with Gasteiger partial charge in [0.1, 0.15) is 17.2 Å². The van der Waals surface area contributed by atoms with Crippen molar-refractivity contribution in [3.63, 3.8) is 0 Å². The molecule has 0 aliphatic rings. The Morgan fingerprint density at radius 2 is 2.00 bits per heavy atom. The summed E-state index contributed by atoms with van der Waals surface area (Å²) < 4.78 is 15.7. The summed E-state index contributed by atoms with van der Waals surface area (Å²) in [5.41, 5.74) is 7.23. The van der Waals surface area contributed by atoms with Crippen molar-refractivity contribution in [3.8, 4) is 22.8 Å². The van der Waals surface area contributed by atoms with Crippen LogP contribution in [0, 0.1) is 0 Å². The van der Waals surface area contributed by atoms with E-state index in [0.29, 0.717) is 17.2 Å². The van der Waals surface area contributed by atoms with Gasteiger partial charge in [-0.05, 0) is 25.1 Å². The second-order valence-electron chi connectivity index (χ2n) is 3.97. The van der Waals surface area contributed by atoms with Crippen LogP contribution in [0.2, 0.25) is 0 Å². The summed E-state index contributed by atoms with van der Waals surface area (Å²) in [5.74, 6) is 2.08. The fourth-order valence-corrected chi connectivity index (χ4v) is 1.65. The fourth-order valence-electron chi connectivity index (χ4n) is 1.65. The van der Waals surface area contributed by atoms with Crippen LogP contribution in [0.1, 0.15) is 18.7 Å². The first-order valence-corrected chi connectivity index (χ1v) is 5.60. The highest BCUT2D eigenvalue weighted by Crippen LogP contribution is 2.33. The zero-order chi connectivity index (χ0) is 13.1. The second kappa shape index (κ2) is 5.10. The summed E-state index contributed by atoms with van der Waals surface area (Å²) in [6, 6.07) is 7.12. The van der Waals surface area contributed by atoms with Gasteiger partial charge < -0.3 is 19.7 Å². The molecule has 0 spiro atoms. The zero-order valence-electron chi connectivity index (χ0n) is 10.6. The molecule has 5 heteroatoms. The Hall–Kier alpha value is -2.01. The van der Waals surface area contributed by atoms with Gasteiger partial charge in [-0.25, -0.2) is 0 Å². The van der Waals surface area contributed by atoms with Gasteiger partial charge in [0, 0.05) is 11.6 Å². The number of hydrogen-bond acceptors (Lipinski definition) is 5. The van der Waals surface area contributed by atoms with Crippen molar-refractivity contribution in [2.24, 2.45) is 5.73 Å². The number of nitrogens with two attached hydrogens (primary N) is 1. The third-order valence-corrected chi connectivity index (χ3v) is 2.66. The highest BCUT2D eigenvalue weighted by Gasteiger charge is 2.14. The average molecular weight is 248 g/mol. The molecule has 18 heavy (non-hydrogen) atoms. The molecule has 0 bridgehead atoms. The molecule has 96 valence electrons. The Morgan fingerprint density at radius 3 is 2.56 bits per heavy atom. The highest BCUT2D eigenvalue weighted by molar-refractivity contribution is 5.69. The first-order valence-electron chi connectivity index (χ1n) is 5.60. The van der Waals surface area contributed by atoms with Gasteiger partial charge in [-0.3, -0.25) is 0 Å². The van der Waals surface area contributed by atoms with Crippen LogP contribution in [0.3, 0.4) is 0 Å². The minimum Gasteiger partial charge on any atom is -0.497 e. The van der Waals surface area contributed by atoms with Crippen LogP contribution in [-0.2, 0) is 0 Å². The molecule has 2 N–H and O–H groups in total. The van der Waals surface area contributed by atoms with Crippen molar-refractivity contribution in [2.45, 2.75) is 13.0 Å². The van der Waals surface area contributed by atoms with Crippen molar-refractivity contribution >= 4 is 0 Å². The predicted octanol–water partition coefficient (Wildman–Crippen LogP) is 2.38. The van der Waals surface area contributed by atoms with Gasteiger partial charge in [0.25, 0.3) is 0 Å². The third-order valence-electron chi connectivity index (χ3n) is 2.66. The molecule has 0 aliphatic carbocycles. The Bertz CT molecular complexity index is 535. The second-order valence-corrected chi connectivity index (χ2v) is 3.97. The summed E-state index contributed by atoms with van der Waals surface area (Å²) in [5, 5.41) is 4.00. The number of benzene rings is 1. The fraction of sp³-hybridized carbons (Fsp3) is 0.308. The van der Waals surface area contributed by atoms with Crippen LogP contribution in [0.25, 0.3) is 11.3 Å². The van der Waals surface area contributed by atoms with Crippen molar-refractivity contribution < 1.29 is 14.0 Å². The first kappa shape index (κ1) is 12.4. The van der Waals surface area contributed by atoms with Crippen molar-refractivity contribution in [3.05, 3.63) is 30.0 Å². The van der Waals surface area contributed by atoms with E-state index in [2.05, 4.69) is 5.16 Å². The van der Waals surface area contributed by atoms with E-state index in [0.717, 1.165) is 11.3 Å². The molecule has 2 rings (SSSR count). The molecule has 2 aromatic rings. The smallest absolute Gasteiger partial charge is 0.153 e. The van der Waals surface area contributed by atoms with Gasteiger partial charge in [-0.2, -0.15) is 0 Å². The molecular formula is C13H16N2O3. The summed E-state index contributed by atoms with van der Waals surface area (Å²) in [6.45, 7) is 1.84. The quantitative estimate of drug-likeness (QED) is 0.899. The molecule has 1 atom stereocenters. The van der Waals surface area contributed by atoms with E-state index in [1.54, 1.807) is 14.2 Å². The SMILES string of the molecule is COc1ccc(OC)c(-c2cc(C(C)N)on2)c1. The monoisotopic (exact) mass is 248 g/mol. The summed E-state index contributed by atoms with van der Waals surface area (Å²) >= 11 is 0. The predicted molar refractivity (Wildman–Crippen MR) is 67.6 cm³/mol. The number of nitrogens with zero attached hydrogens (tertiary/aromatic N) is 1. The topological polar surface area (TPSA) is 70.5 Å². The van der Waals surface area contributed by atoms with E-state index in [1.807, 2.05) is 31.2 Å². The molecule has 1 aromatic carbocycles. The van der Waals surface area contributed by atoms with Crippen LogP contribution in [0.4, 0.5) is 0 Å². The molecule has 0 fully saturated rings. The Morgan fingerprint density at radius 1 is 1.22 bits per heavy atom. The molecule has 0 saturated heterocycles. The Kier molecular flexibility index (Phi) is 3.53. The van der Waals surface area contributed by atoms with Gasteiger partial charge in [0.2, 0.25) is 0 Å². The largest absolute Gasteiger partial charge is 0.497 e. The van der Waals surface area contributed by atoms with E-state index in [4.69, 9.17) is 19.7 Å². The van der Waals surface area contributed by atoms with E-state index < -0.39 is 0 Å². The molecule has 0 saturated carbocycles. The number of hydrogen-bond donors (Lipinski definition) is 1. The maximum atomic E-state index is 5.74. The molecule has 0 amide bonds. The minimum absolute atomic E-state index is 0.192. The standard InChI is InChI=1S/C13H16N2O3/c1-8(14)13-7-11(15-18-13)10-6-9(16-2)4-5-12(10)17-3/h4-8H,14H2,1-3H3. The first-order chi connectivity index (χ1) is 8.65. The lowest BCUT2D eigenvalue weighted by Crippen LogP contribution is -2.02. The number of aromatic nitrogens is 1. The van der Waals surface area contributed by atoms with Gasteiger partial charge in [0.15, 0.2) is 5.76 Å². The van der Waals surface area contributed by atoms with Gasteiger partial charge in [0.05, 0.1) is 20.3 Å². The van der Waals surface area contributed by atoms with Gasteiger partial charge in [-0.1, -0.05) is 5.16 Å². The molecule has 5 nitrogen and oxygen atoms in total.